The van der Waals surface area contributed by atoms with E-state index in [2.05, 4.69) is 15.5 Å². The molecule has 66 valence electrons. The second-order valence-corrected chi connectivity index (χ2v) is 7.74. The molecule has 1 aliphatic heterocycles. The SMILES string of the molecule is CCCC1COP(C)(=P)OC1. The van der Waals surface area contributed by atoms with Crippen molar-refractivity contribution in [1.29, 1.82) is 0 Å². The molecule has 0 aromatic carbocycles. The van der Waals surface area contributed by atoms with Crippen LogP contribution in [0.3, 0.4) is 0 Å². The Kier molecular flexibility index (Phi) is 3.58. The van der Waals surface area contributed by atoms with Crippen molar-refractivity contribution in [3.8, 4) is 0 Å². The summed E-state index contributed by atoms with van der Waals surface area (Å²) >= 11 is 0. The Bertz CT molecular complexity index is 158. The summed E-state index contributed by atoms with van der Waals surface area (Å²) in [4.78, 5) is 0. The average Bonchev–Trinajstić information content (AvgIpc) is 1.94. The van der Waals surface area contributed by atoms with Gasteiger partial charge in [-0.15, -0.1) is 0 Å². The first-order valence-electron chi connectivity index (χ1n) is 4.05. The molecule has 0 N–H and O–H groups in total. The zero-order valence-electron chi connectivity index (χ0n) is 7.17. The first kappa shape index (κ1) is 9.74. The van der Waals surface area contributed by atoms with Gasteiger partial charge in [-0.2, -0.15) is 0 Å². The maximum absolute atomic E-state index is 5.53. The lowest BCUT2D eigenvalue weighted by atomic mass is 10.1. The van der Waals surface area contributed by atoms with Crippen LogP contribution in [0.2, 0.25) is 0 Å². The van der Waals surface area contributed by atoms with Crippen molar-refractivity contribution < 1.29 is 9.05 Å². The summed E-state index contributed by atoms with van der Waals surface area (Å²) in [7, 11) is 1.90. The molecule has 0 aromatic heterocycles. The first-order valence-corrected chi connectivity index (χ1v) is 7.46. The summed E-state index contributed by atoms with van der Waals surface area (Å²) in [5.74, 6) is 0.615. The first-order chi connectivity index (χ1) is 5.14. The molecule has 0 aromatic rings. The Morgan fingerprint density at radius 2 is 2.00 bits per heavy atom. The van der Waals surface area contributed by atoms with Gasteiger partial charge in [-0.05, 0) is 6.42 Å². The van der Waals surface area contributed by atoms with E-state index in [4.69, 9.17) is 9.05 Å². The van der Waals surface area contributed by atoms with Gasteiger partial charge in [-0.25, -0.2) is 0 Å². The summed E-state index contributed by atoms with van der Waals surface area (Å²) in [5, 5.41) is 0. The van der Waals surface area contributed by atoms with Gasteiger partial charge in [0.15, 0.2) is 0 Å². The number of rotatable bonds is 2. The second-order valence-electron chi connectivity index (χ2n) is 3.09. The van der Waals surface area contributed by atoms with Crippen LogP contribution in [0.15, 0.2) is 0 Å². The van der Waals surface area contributed by atoms with Gasteiger partial charge in [0.2, 0.25) is 0 Å². The zero-order valence-corrected chi connectivity index (χ0v) is 9.06. The minimum Gasteiger partial charge on any atom is -0.334 e. The van der Waals surface area contributed by atoms with Crippen molar-refractivity contribution in [3.05, 3.63) is 0 Å². The molecule has 4 heteroatoms. The van der Waals surface area contributed by atoms with Crippen molar-refractivity contribution in [1.82, 2.24) is 0 Å². The molecule has 2 nitrogen and oxygen atoms in total. The highest BCUT2D eigenvalue weighted by molar-refractivity contribution is 7.92. The summed E-state index contributed by atoms with van der Waals surface area (Å²) in [6.07, 6.45) is 2.43. The van der Waals surface area contributed by atoms with Crippen LogP contribution >= 0.6 is 15.5 Å². The fourth-order valence-electron chi connectivity index (χ4n) is 1.16. The van der Waals surface area contributed by atoms with Gasteiger partial charge in [0.05, 0.1) is 13.2 Å². The minimum absolute atomic E-state index is 0.615. The van der Waals surface area contributed by atoms with E-state index in [9.17, 15) is 0 Å². The topological polar surface area (TPSA) is 18.5 Å². The molecule has 1 saturated heterocycles. The molecule has 1 fully saturated rings. The zero-order chi connectivity index (χ0) is 8.32. The molecule has 0 radical (unpaired) electrons. The predicted octanol–water partition coefficient (Wildman–Crippen LogP) is 2.98. The van der Waals surface area contributed by atoms with Gasteiger partial charge in [0.1, 0.15) is 7.00 Å². The van der Waals surface area contributed by atoms with Gasteiger partial charge in [0, 0.05) is 12.6 Å². The highest BCUT2D eigenvalue weighted by atomic mass is 31.8. The van der Waals surface area contributed by atoms with Gasteiger partial charge in [0.25, 0.3) is 0 Å². The van der Waals surface area contributed by atoms with E-state index in [1.807, 2.05) is 6.66 Å². The molecule has 1 heterocycles. The Morgan fingerprint density at radius 3 is 2.45 bits per heavy atom. The van der Waals surface area contributed by atoms with Gasteiger partial charge >= 0.3 is 0 Å². The highest BCUT2D eigenvalue weighted by Gasteiger charge is 2.21. The average molecular weight is 194 g/mol. The normalized spacial score (nSPS) is 38.9. The molecule has 11 heavy (non-hydrogen) atoms. The van der Waals surface area contributed by atoms with Gasteiger partial charge < -0.3 is 9.05 Å². The van der Waals surface area contributed by atoms with E-state index in [0.29, 0.717) is 5.92 Å². The van der Waals surface area contributed by atoms with Crippen LogP contribution in [-0.2, 0) is 9.05 Å². The van der Waals surface area contributed by atoms with Crippen molar-refractivity contribution in [3.63, 3.8) is 0 Å². The molecular weight excluding hydrogens is 178 g/mol. The monoisotopic (exact) mass is 194 g/mol. The van der Waals surface area contributed by atoms with Crippen LogP contribution < -0.4 is 0 Å². The van der Waals surface area contributed by atoms with Crippen LogP contribution in [0.5, 0.6) is 0 Å². The van der Waals surface area contributed by atoms with E-state index in [0.717, 1.165) is 13.2 Å². The summed E-state index contributed by atoms with van der Waals surface area (Å²) in [6, 6.07) is 0. The third kappa shape index (κ3) is 3.25. The summed E-state index contributed by atoms with van der Waals surface area (Å²) < 4.78 is 11.1. The van der Waals surface area contributed by atoms with Crippen molar-refractivity contribution in [2.24, 2.45) is 5.92 Å². The molecule has 0 amide bonds. The van der Waals surface area contributed by atoms with Crippen LogP contribution in [0.25, 0.3) is 0 Å². The Hall–Kier alpha value is 0.650. The Morgan fingerprint density at radius 1 is 1.45 bits per heavy atom. The van der Waals surface area contributed by atoms with E-state index < -0.39 is 7.00 Å². The third-order valence-electron chi connectivity index (χ3n) is 1.81. The van der Waals surface area contributed by atoms with Gasteiger partial charge in [-0.3, -0.25) is 0 Å². The third-order valence-corrected chi connectivity index (χ3v) is 3.87. The molecule has 0 unspecified atom stereocenters. The molecule has 0 bridgehead atoms. The predicted molar refractivity (Wildman–Crippen MR) is 51.5 cm³/mol. The van der Waals surface area contributed by atoms with Crippen molar-refractivity contribution >= 4 is 15.5 Å². The van der Waals surface area contributed by atoms with E-state index in [1.54, 1.807) is 0 Å². The lowest BCUT2D eigenvalue weighted by Gasteiger charge is -2.30. The maximum Gasteiger partial charge on any atom is 0.139 e. The van der Waals surface area contributed by atoms with Crippen LogP contribution in [0, 0.1) is 5.92 Å². The number of hydrogen-bond acceptors (Lipinski definition) is 2. The molecule has 0 spiro atoms. The van der Waals surface area contributed by atoms with E-state index in [-0.39, 0.29) is 0 Å². The van der Waals surface area contributed by atoms with Crippen molar-refractivity contribution in [2.75, 3.05) is 19.9 Å². The lowest BCUT2D eigenvalue weighted by Crippen LogP contribution is -2.19. The maximum atomic E-state index is 5.53. The second kappa shape index (κ2) is 4.05. The largest absolute Gasteiger partial charge is 0.334 e. The Labute approximate surface area is 70.8 Å². The van der Waals surface area contributed by atoms with Crippen LogP contribution in [0.4, 0.5) is 0 Å². The lowest BCUT2D eigenvalue weighted by molar-refractivity contribution is 0.114. The van der Waals surface area contributed by atoms with Crippen LogP contribution in [-0.4, -0.2) is 19.9 Å². The molecule has 1 rings (SSSR count). The summed E-state index contributed by atoms with van der Waals surface area (Å²) in [5.41, 5.74) is 0. The molecule has 0 aliphatic carbocycles. The fraction of sp³-hybridized carbons (Fsp3) is 1.00. The van der Waals surface area contributed by atoms with Gasteiger partial charge in [-0.1, -0.05) is 21.9 Å². The van der Waals surface area contributed by atoms with Crippen LogP contribution in [0.1, 0.15) is 19.8 Å². The standard InChI is InChI=1S/C7H16O2P2/c1-3-4-7-5-8-11(2,10)9-6-7/h7,10H,3-6H2,1-2H3. The fourth-order valence-corrected chi connectivity index (χ4v) is 2.67. The quantitative estimate of drug-likeness (QED) is 0.629. The molecular formula is C7H16O2P2. The van der Waals surface area contributed by atoms with E-state index >= 15 is 0 Å². The minimum atomic E-state index is -1.59. The van der Waals surface area contributed by atoms with E-state index in [1.165, 1.54) is 12.8 Å². The molecule has 0 atom stereocenters. The smallest absolute Gasteiger partial charge is 0.139 e. The van der Waals surface area contributed by atoms with Crippen molar-refractivity contribution in [2.45, 2.75) is 19.8 Å². The molecule has 0 saturated carbocycles. The highest BCUT2D eigenvalue weighted by Crippen LogP contribution is 2.53. The Balaban J connectivity index is 2.30. The number of hydrogen-bond donors (Lipinski definition) is 0. The summed E-state index contributed by atoms with van der Waals surface area (Å²) in [6.45, 7) is 5.91. The molecule has 1 aliphatic rings.